The second-order valence-electron chi connectivity index (χ2n) is 4.20. The maximum atomic E-state index is 12.0. The van der Waals surface area contributed by atoms with E-state index in [4.69, 9.17) is 17.3 Å². The Morgan fingerprint density at radius 3 is 2.59 bits per heavy atom. The Kier molecular flexibility index (Phi) is 3.66. The van der Waals surface area contributed by atoms with Gasteiger partial charge in [0.1, 0.15) is 6.29 Å². The van der Waals surface area contributed by atoms with E-state index in [-0.39, 0.29) is 17.9 Å². The van der Waals surface area contributed by atoms with E-state index in [0.29, 0.717) is 5.02 Å². The van der Waals surface area contributed by atoms with Crippen molar-refractivity contribution >= 4 is 17.5 Å². The van der Waals surface area contributed by atoms with Gasteiger partial charge < -0.3 is 5.32 Å². The predicted octanol–water partition coefficient (Wildman–Crippen LogP) is 1.16. The van der Waals surface area contributed by atoms with Gasteiger partial charge in [0.05, 0.1) is 5.92 Å². The lowest BCUT2D eigenvalue weighted by Crippen LogP contribution is -2.63. The number of halogens is 1. The van der Waals surface area contributed by atoms with E-state index in [1.54, 1.807) is 12.1 Å². The van der Waals surface area contributed by atoms with Crippen molar-refractivity contribution in [1.82, 2.24) is 10.6 Å². The summed E-state index contributed by atoms with van der Waals surface area (Å²) in [5.41, 5.74) is 6.65. The van der Waals surface area contributed by atoms with Crippen molar-refractivity contribution in [2.24, 2.45) is 5.73 Å². The summed E-state index contributed by atoms with van der Waals surface area (Å²) in [6.07, 6.45) is 0.380. The molecule has 0 saturated carbocycles. The standard InChI is InChI=1S/C12H16ClN3O/c1-2-9-10(11(17)16-12(14)15-9)7-3-5-8(13)6-4-7/h3-6,9-10,12,15H,2,14H2,1H3,(H,16,17). The zero-order valence-corrected chi connectivity index (χ0v) is 10.4. The number of carbonyl (C=O) groups excluding carboxylic acids is 1. The summed E-state index contributed by atoms with van der Waals surface area (Å²) >= 11 is 5.84. The van der Waals surface area contributed by atoms with E-state index >= 15 is 0 Å². The van der Waals surface area contributed by atoms with Gasteiger partial charge in [-0.05, 0) is 24.1 Å². The summed E-state index contributed by atoms with van der Waals surface area (Å²) in [5.74, 6) is -0.248. The van der Waals surface area contributed by atoms with Crippen LogP contribution in [0.15, 0.2) is 24.3 Å². The van der Waals surface area contributed by atoms with Crippen LogP contribution in [0.3, 0.4) is 0 Å². The average Bonchev–Trinajstić information content (AvgIpc) is 2.30. The Morgan fingerprint density at radius 1 is 1.35 bits per heavy atom. The Morgan fingerprint density at radius 2 is 2.00 bits per heavy atom. The van der Waals surface area contributed by atoms with E-state index in [1.165, 1.54) is 0 Å². The SMILES string of the molecule is CCC1NC(N)NC(=O)C1c1ccc(Cl)cc1. The second-order valence-corrected chi connectivity index (χ2v) is 4.63. The summed E-state index contributed by atoms with van der Waals surface area (Å²) in [7, 11) is 0. The minimum Gasteiger partial charge on any atom is -0.328 e. The fourth-order valence-corrected chi connectivity index (χ4v) is 2.33. The molecule has 1 aromatic carbocycles. The zero-order chi connectivity index (χ0) is 12.4. The summed E-state index contributed by atoms with van der Waals surface area (Å²) in [6, 6.07) is 7.41. The van der Waals surface area contributed by atoms with Gasteiger partial charge in [0.2, 0.25) is 5.91 Å². The molecule has 1 fully saturated rings. The maximum Gasteiger partial charge on any atom is 0.231 e. The van der Waals surface area contributed by atoms with Crippen molar-refractivity contribution in [3.8, 4) is 0 Å². The fraction of sp³-hybridized carbons (Fsp3) is 0.417. The minimum absolute atomic E-state index is 0.0366. The molecule has 17 heavy (non-hydrogen) atoms. The van der Waals surface area contributed by atoms with E-state index in [1.807, 2.05) is 19.1 Å². The highest BCUT2D eigenvalue weighted by atomic mass is 35.5. The largest absolute Gasteiger partial charge is 0.328 e. The van der Waals surface area contributed by atoms with Crippen LogP contribution < -0.4 is 16.4 Å². The van der Waals surface area contributed by atoms with Crippen molar-refractivity contribution in [3.63, 3.8) is 0 Å². The van der Waals surface area contributed by atoms with Crippen LogP contribution in [0.2, 0.25) is 5.02 Å². The van der Waals surface area contributed by atoms with Crippen molar-refractivity contribution in [3.05, 3.63) is 34.9 Å². The van der Waals surface area contributed by atoms with Crippen LogP contribution in [-0.4, -0.2) is 18.2 Å². The lowest BCUT2D eigenvalue weighted by molar-refractivity contribution is -0.126. The van der Waals surface area contributed by atoms with Gasteiger partial charge in [-0.2, -0.15) is 0 Å². The molecule has 1 aromatic rings. The first-order valence-electron chi connectivity index (χ1n) is 5.69. The first-order chi connectivity index (χ1) is 8.11. The third kappa shape index (κ3) is 2.60. The van der Waals surface area contributed by atoms with Crippen LogP contribution in [0.4, 0.5) is 0 Å². The number of nitrogens with one attached hydrogen (secondary N) is 2. The van der Waals surface area contributed by atoms with Crippen LogP contribution in [-0.2, 0) is 4.79 Å². The monoisotopic (exact) mass is 253 g/mol. The molecule has 1 aliphatic rings. The number of carbonyl (C=O) groups is 1. The van der Waals surface area contributed by atoms with Gasteiger partial charge in [-0.25, -0.2) is 0 Å². The molecule has 92 valence electrons. The fourth-order valence-electron chi connectivity index (χ4n) is 2.20. The number of benzene rings is 1. The lowest BCUT2D eigenvalue weighted by Gasteiger charge is -2.35. The van der Waals surface area contributed by atoms with Crippen LogP contribution in [0, 0.1) is 0 Å². The van der Waals surface area contributed by atoms with E-state index in [2.05, 4.69) is 10.6 Å². The molecule has 4 N–H and O–H groups in total. The topological polar surface area (TPSA) is 67.2 Å². The molecule has 0 radical (unpaired) electrons. The molecule has 3 atom stereocenters. The predicted molar refractivity (Wildman–Crippen MR) is 67.5 cm³/mol. The van der Waals surface area contributed by atoms with Crippen LogP contribution in [0.5, 0.6) is 0 Å². The van der Waals surface area contributed by atoms with Gasteiger partial charge >= 0.3 is 0 Å². The second kappa shape index (κ2) is 5.04. The maximum absolute atomic E-state index is 12.0. The molecule has 2 rings (SSSR count). The Balaban J connectivity index is 2.28. The number of amides is 1. The van der Waals surface area contributed by atoms with E-state index in [9.17, 15) is 4.79 Å². The lowest BCUT2D eigenvalue weighted by atomic mass is 9.87. The molecule has 4 nitrogen and oxygen atoms in total. The smallest absolute Gasteiger partial charge is 0.231 e. The molecule has 1 saturated heterocycles. The number of nitrogens with two attached hydrogens (primary N) is 1. The molecule has 0 spiro atoms. The third-order valence-electron chi connectivity index (χ3n) is 3.05. The Hall–Kier alpha value is -1.10. The molecule has 1 heterocycles. The molecule has 0 aliphatic carbocycles. The van der Waals surface area contributed by atoms with E-state index < -0.39 is 6.29 Å². The van der Waals surface area contributed by atoms with Gasteiger partial charge in [-0.1, -0.05) is 30.7 Å². The molecular weight excluding hydrogens is 238 g/mol. The van der Waals surface area contributed by atoms with Crippen LogP contribution in [0.25, 0.3) is 0 Å². The van der Waals surface area contributed by atoms with Crippen molar-refractivity contribution in [2.45, 2.75) is 31.6 Å². The summed E-state index contributed by atoms with van der Waals surface area (Å²) in [6.45, 7) is 2.03. The minimum atomic E-state index is -0.462. The molecule has 5 heteroatoms. The third-order valence-corrected chi connectivity index (χ3v) is 3.30. The van der Waals surface area contributed by atoms with E-state index in [0.717, 1.165) is 12.0 Å². The first-order valence-corrected chi connectivity index (χ1v) is 6.07. The van der Waals surface area contributed by atoms with Crippen molar-refractivity contribution in [2.75, 3.05) is 0 Å². The summed E-state index contributed by atoms with van der Waals surface area (Å²) in [4.78, 5) is 12.0. The van der Waals surface area contributed by atoms with Gasteiger partial charge in [0.15, 0.2) is 0 Å². The quantitative estimate of drug-likeness (QED) is 0.741. The van der Waals surface area contributed by atoms with Gasteiger partial charge in [0, 0.05) is 11.1 Å². The number of hydrogen-bond donors (Lipinski definition) is 3. The van der Waals surface area contributed by atoms with Crippen LogP contribution in [0.1, 0.15) is 24.8 Å². The van der Waals surface area contributed by atoms with Gasteiger partial charge in [0.25, 0.3) is 0 Å². The highest BCUT2D eigenvalue weighted by molar-refractivity contribution is 6.30. The molecule has 0 bridgehead atoms. The zero-order valence-electron chi connectivity index (χ0n) is 9.61. The molecular formula is C12H16ClN3O. The average molecular weight is 254 g/mol. The highest BCUT2D eigenvalue weighted by Gasteiger charge is 2.34. The number of hydrogen-bond acceptors (Lipinski definition) is 3. The molecule has 1 aliphatic heterocycles. The Bertz CT molecular complexity index is 407. The normalized spacial score (nSPS) is 28.9. The van der Waals surface area contributed by atoms with Crippen LogP contribution >= 0.6 is 11.6 Å². The number of rotatable bonds is 2. The van der Waals surface area contributed by atoms with Crippen molar-refractivity contribution < 1.29 is 4.79 Å². The molecule has 0 aromatic heterocycles. The first kappa shape index (κ1) is 12.4. The van der Waals surface area contributed by atoms with Crippen molar-refractivity contribution in [1.29, 1.82) is 0 Å². The highest BCUT2D eigenvalue weighted by Crippen LogP contribution is 2.25. The Labute approximate surface area is 106 Å². The van der Waals surface area contributed by atoms with Gasteiger partial charge in [-0.15, -0.1) is 0 Å². The molecule has 3 unspecified atom stereocenters. The summed E-state index contributed by atoms with van der Waals surface area (Å²) in [5, 5.41) is 6.54. The van der Waals surface area contributed by atoms with Gasteiger partial charge in [-0.3, -0.25) is 15.8 Å². The summed E-state index contributed by atoms with van der Waals surface area (Å²) < 4.78 is 0. The molecule has 1 amide bonds.